The zero-order valence-corrected chi connectivity index (χ0v) is 15.9. The quantitative estimate of drug-likeness (QED) is 0.675. The summed E-state index contributed by atoms with van der Waals surface area (Å²) in [5.41, 5.74) is 2.59. The molecule has 0 N–H and O–H groups in total. The predicted octanol–water partition coefficient (Wildman–Crippen LogP) is 3.51. The van der Waals surface area contributed by atoms with Crippen LogP contribution in [0.25, 0.3) is 10.6 Å². The molecule has 2 aromatic heterocycles. The molecule has 3 aromatic rings. The van der Waals surface area contributed by atoms with E-state index in [1.165, 1.54) is 5.69 Å². The average Bonchev–Trinajstić information content (AvgIpc) is 3.40. The van der Waals surface area contributed by atoms with Crippen molar-refractivity contribution in [2.24, 2.45) is 0 Å². The molecule has 0 radical (unpaired) electrons. The van der Waals surface area contributed by atoms with Gasteiger partial charge in [-0.2, -0.15) is 0 Å². The number of hydrogen-bond donors (Lipinski definition) is 0. The van der Waals surface area contributed by atoms with Gasteiger partial charge in [0.25, 0.3) is 5.91 Å². The van der Waals surface area contributed by atoms with Crippen LogP contribution in [0.5, 0.6) is 0 Å². The van der Waals surface area contributed by atoms with E-state index in [1.807, 2.05) is 17.5 Å². The van der Waals surface area contributed by atoms with Crippen LogP contribution in [0.2, 0.25) is 0 Å². The number of carbonyl (C=O) groups is 1. The molecular weight excluding hydrogens is 362 g/mol. The van der Waals surface area contributed by atoms with Crippen molar-refractivity contribution in [2.45, 2.75) is 6.54 Å². The molecule has 1 fully saturated rings. The first-order valence-electron chi connectivity index (χ1n) is 8.88. The van der Waals surface area contributed by atoms with E-state index in [4.69, 9.17) is 9.26 Å². The standard InChI is InChI=1S/C20H21N3O3S/c1-22(20(24)17-13-18(26-21-17)19-3-2-12-27-19)14-15-4-6-16(7-5-15)23-8-10-25-11-9-23/h2-7,12-13H,8-11,14H2,1H3. The van der Waals surface area contributed by atoms with Gasteiger partial charge < -0.3 is 19.1 Å². The van der Waals surface area contributed by atoms with Gasteiger partial charge in [-0.15, -0.1) is 11.3 Å². The highest BCUT2D eigenvalue weighted by Crippen LogP contribution is 2.25. The van der Waals surface area contributed by atoms with E-state index in [0.717, 1.165) is 36.7 Å². The van der Waals surface area contributed by atoms with Gasteiger partial charge in [0.05, 0.1) is 18.1 Å². The lowest BCUT2D eigenvalue weighted by Crippen LogP contribution is -2.36. The molecule has 0 unspecified atom stereocenters. The fraction of sp³-hybridized carbons (Fsp3) is 0.300. The molecule has 0 saturated carbocycles. The molecule has 0 atom stereocenters. The number of ether oxygens (including phenoxy) is 1. The molecule has 3 heterocycles. The largest absolute Gasteiger partial charge is 0.378 e. The van der Waals surface area contributed by atoms with Gasteiger partial charge in [-0.25, -0.2) is 0 Å². The minimum absolute atomic E-state index is 0.154. The molecule has 0 spiro atoms. The van der Waals surface area contributed by atoms with Crippen LogP contribution in [0.15, 0.2) is 52.4 Å². The normalized spacial score (nSPS) is 14.3. The van der Waals surface area contributed by atoms with E-state index in [-0.39, 0.29) is 5.91 Å². The molecule has 6 nitrogen and oxygen atoms in total. The molecule has 1 aromatic carbocycles. The third kappa shape index (κ3) is 4.04. The minimum atomic E-state index is -0.154. The summed E-state index contributed by atoms with van der Waals surface area (Å²) in [6.45, 7) is 3.88. The number of amides is 1. The van der Waals surface area contributed by atoms with Crippen LogP contribution in [0, 0.1) is 0 Å². The fourth-order valence-corrected chi connectivity index (χ4v) is 3.76. The molecule has 7 heteroatoms. The second kappa shape index (κ2) is 7.94. The van der Waals surface area contributed by atoms with Crippen molar-refractivity contribution in [3.8, 4) is 10.6 Å². The van der Waals surface area contributed by atoms with Crippen molar-refractivity contribution in [3.05, 3.63) is 59.1 Å². The van der Waals surface area contributed by atoms with E-state index >= 15 is 0 Å². The van der Waals surface area contributed by atoms with Crippen LogP contribution in [-0.4, -0.2) is 49.3 Å². The van der Waals surface area contributed by atoms with Crippen LogP contribution in [0.3, 0.4) is 0 Å². The van der Waals surface area contributed by atoms with Gasteiger partial charge >= 0.3 is 0 Å². The van der Waals surface area contributed by atoms with E-state index in [9.17, 15) is 4.79 Å². The highest BCUT2D eigenvalue weighted by molar-refractivity contribution is 7.13. The van der Waals surface area contributed by atoms with Crippen molar-refractivity contribution in [1.29, 1.82) is 0 Å². The number of nitrogens with zero attached hydrogens (tertiary/aromatic N) is 3. The van der Waals surface area contributed by atoms with Crippen LogP contribution in [0.4, 0.5) is 5.69 Å². The fourth-order valence-electron chi connectivity index (χ4n) is 3.09. The van der Waals surface area contributed by atoms with Crippen molar-refractivity contribution in [2.75, 3.05) is 38.3 Å². The van der Waals surface area contributed by atoms with Gasteiger partial charge in [0, 0.05) is 38.4 Å². The van der Waals surface area contributed by atoms with Gasteiger partial charge in [-0.3, -0.25) is 4.79 Å². The first-order valence-corrected chi connectivity index (χ1v) is 9.76. The van der Waals surface area contributed by atoms with Crippen LogP contribution >= 0.6 is 11.3 Å². The zero-order chi connectivity index (χ0) is 18.6. The number of aromatic nitrogens is 1. The lowest BCUT2D eigenvalue weighted by atomic mass is 10.1. The van der Waals surface area contributed by atoms with E-state index in [0.29, 0.717) is 18.0 Å². The highest BCUT2D eigenvalue weighted by Gasteiger charge is 2.18. The number of benzene rings is 1. The number of hydrogen-bond acceptors (Lipinski definition) is 6. The SMILES string of the molecule is CN(Cc1ccc(N2CCOCC2)cc1)C(=O)c1cc(-c2cccs2)on1. The second-order valence-corrected chi connectivity index (χ2v) is 7.43. The Morgan fingerprint density at radius 1 is 1.22 bits per heavy atom. The molecule has 1 saturated heterocycles. The Morgan fingerprint density at radius 2 is 2.00 bits per heavy atom. The first kappa shape index (κ1) is 17.8. The van der Waals surface area contributed by atoms with Crippen LogP contribution in [-0.2, 0) is 11.3 Å². The first-order chi connectivity index (χ1) is 13.2. The summed E-state index contributed by atoms with van der Waals surface area (Å²) in [6, 6.07) is 13.9. The molecule has 0 aliphatic carbocycles. The Morgan fingerprint density at radius 3 is 2.70 bits per heavy atom. The highest BCUT2D eigenvalue weighted by atomic mass is 32.1. The predicted molar refractivity (Wildman–Crippen MR) is 105 cm³/mol. The van der Waals surface area contributed by atoms with E-state index in [1.54, 1.807) is 29.4 Å². The monoisotopic (exact) mass is 383 g/mol. The minimum Gasteiger partial charge on any atom is -0.378 e. The summed E-state index contributed by atoms with van der Waals surface area (Å²) < 4.78 is 10.7. The van der Waals surface area contributed by atoms with Gasteiger partial charge in [-0.1, -0.05) is 23.4 Å². The third-order valence-corrected chi connectivity index (χ3v) is 5.46. The zero-order valence-electron chi connectivity index (χ0n) is 15.1. The van der Waals surface area contributed by atoms with Crippen molar-refractivity contribution < 1.29 is 14.1 Å². The molecule has 1 amide bonds. The maximum Gasteiger partial charge on any atom is 0.276 e. The van der Waals surface area contributed by atoms with Crippen LogP contribution in [0.1, 0.15) is 16.1 Å². The Bertz CT molecular complexity index is 884. The number of morpholine rings is 1. The average molecular weight is 383 g/mol. The summed E-state index contributed by atoms with van der Waals surface area (Å²) in [6.07, 6.45) is 0. The van der Waals surface area contributed by atoms with Crippen molar-refractivity contribution in [1.82, 2.24) is 10.1 Å². The Balaban J connectivity index is 1.39. The third-order valence-electron chi connectivity index (χ3n) is 4.57. The Labute approximate surface area is 161 Å². The lowest BCUT2D eigenvalue weighted by Gasteiger charge is -2.29. The molecule has 27 heavy (non-hydrogen) atoms. The number of thiophene rings is 1. The molecule has 1 aliphatic rings. The van der Waals surface area contributed by atoms with Gasteiger partial charge in [0.1, 0.15) is 0 Å². The molecular formula is C20H21N3O3S. The summed E-state index contributed by atoms with van der Waals surface area (Å²) in [5.74, 6) is 0.468. The van der Waals surface area contributed by atoms with Gasteiger partial charge in [-0.05, 0) is 29.1 Å². The smallest absolute Gasteiger partial charge is 0.276 e. The Kier molecular flexibility index (Phi) is 5.22. The summed E-state index contributed by atoms with van der Waals surface area (Å²) in [5, 5.41) is 5.90. The van der Waals surface area contributed by atoms with Crippen LogP contribution < -0.4 is 4.90 Å². The lowest BCUT2D eigenvalue weighted by molar-refractivity contribution is 0.0775. The van der Waals surface area contributed by atoms with Gasteiger partial charge in [0.2, 0.25) is 0 Å². The summed E-state index contributed by atoms with van der Waals surface area (Å²) >= 11 is 1.55. The van der Waals surface area contributed by atoms with Crippen molar-refractivity contribution >= 4 is 22.9 Å². The van der Waals surface area contributed by atoms with Gasteiger partial charge in [0.15, 0.2) is 11.5 Å². The molecule has 0 bridgehead atoms. The molecule has 1 aliphatic heterocycles. The second-order valence-electron chi connectivity index (χ2n) is 6.48. The number of carbonyl (C=O) groups excluding carboxylic acids is 1. The van der Waals surface area contributed by atoms with E-state index in [2.05, 4.69) is 34.3 Å². The Hall–Kier alpha value is -2.64. The van der Waals surface area contributed by atoms with Crippen molar-refractivity contribution in [3.63, 3.8) is 0 Å². The van der Waals surface area contributed by atoms with E-state index < -0.39 is 0 Å². The number of rotatable bonds is 5. The number of anilines is 1. The summed E-state index contributed by atoms with van der Waals surface area (Å²) in [4.78, 5) is 17.6. The topological polar surface area (TPSA) is 58.8 Å². The summed E-state index contributed by atoms with van der Waals surface area (Å²) in [7, 11) is 1.78. The molecule has 4 rings (SSSR count). The maximum atomic E-state index is 12.6. The molecule has 140 valence electrons. The maximum absolute atomic E-state index is 12.6.